The van der Waals surface area contributed by atoms with E-state index in [0.717, 1.165) is 11.6 Å². The molecule has 3 aromatic rings. The molecule has 0 amide bonds. The van der Waals surface area contributed by atoms with Crippen LogP contribution in [0.25, 0.3) is 22.9 Å². The largest absolute Gasteiger partial charge is 0.433 e. The lowest BCUT2D eigenvalue weighted by Crippen LogP contribution is -2.08. The molecule has 7 heteroatoms. The van der Waals surface area contributed by atoms with E-state index < -0.39 is 11.9 Å². The molecule has 0 fully saturated rings. The second-order valence-electron chi connectivity index (χ2n) is 4.40. The summed E-state index contributed by atoms with van der Waals surface area (Å²) in [5, 5.41) is 0. The summed E-state index contributed by atoms with van der Waals surface area (Å²) in [6.07, 6.45) is -3.25. The van der Waals surface area contributed by atoms with Gasteiger partial charge in [-0.25, -0.2) is 19.9 Å². The van der Waals surface area contributed by atoms with E-state index in [0.29, 0.717) is 5.82 Å². The van der Waals surface area contributed by atoms with Gasteiger partial charge in [0.15, 0.2) is 11.6 Å². The highest BCUT2D eigenvalue weighted by Gasteiger charge is 2.32. The monoisotopic (exact) mass is 302 g/mol. The van der Waals surface area contributed by atoms with Gasteiger partial charge in [-0.1, -0.05) is 36.4 Å². The Hall–Kier alpha value is -2.83. The third-order valence-electron chi connectivity index (χ3n) is 2.87. The fraction of sp³-hybridized carbons (Fsp3) is 0.0667. The van der Waals surface area contributed by atoms with Crippen LogP contribution >= 0.6 is 0 Å². The zero-order valence-electron chi connectivity index (χ0n) is 11.1. The van der Waals surface area contributed by atoms with E-state index in [2.05, 4.69) is 19.9 Å². The van der Waals surface area contributed by atoms with Crippen molar-refractivity contribution in [3.8, 4) is 22.9 Å². The minimum absolute atomic E-state index is 0.0504. The van der Waals surface area contributed by atoms with E-state index in [1.807, 2.05) is 18.2 Å². The Balaban J connectivity index is 2.03. The van der Waals surface area contributed by atoms with Crippen molar-refractivity contribution in [2.24, 2.45) is 0 Å². The number of hydrogen-bond acceptors (Lipinski definition) is 4. The smallest absolute Gasteiger partial charge is 0.240 e. The Morgan fingerprint density at radius 3 is 2.18 bits per heavy atom. The van der Waals surface area contributed by atoms with Gasteiger partial charge in [-0.05, 0) is 12.1 Å². The molecule has 0 bridgehead atoms. The van der Waals surface area contributed by atoms with Gasteiger partial charge < -0.3 is 0 Å². The number of nitrogens with zero attached hydrogens (tertiary/aromatic N) is 4. The summed E-state index contributed by atoms with van der Waals surface area (Å²) in [7, 11) is 0. The first-order valence-corrected chi connectivity index (χ1v) is 6.33. The highest BCUT2D eigenvalue weighted by atomic mass is 19.4. The lowest BCUT2D eigenvalue weighted by molar-refractivity contribution is -0.141. The Bertz CT molecular complexity index is 788. The van der Waals surface area contributed by atoms with Gasteiger partial charge in [0.2, 0.25) is 0 Å². The molecule has 0 N–H and O–H groups in total. The normalized spacial score (nSPS) is 11.4. The molecule has 4 nitrogen and oxygen atoms in total. The van der Waals surface area contributed by atoms with Crippen molar-refractivity contribution in [2.45, 2.75) is 6.18 Å². The Kier molecular flexibility index (Phi) is 3.54. The fourth-order valence-corrected chi connectivity index (χ4v) is 1.86. The van der Waals surface area contributed by atoms with Gasteiger partial charge in [-0.2, -0.15) is 13.2 Å². The summed E-state index contributed by atoms with van der Waals surface area (Å²) in [6.45, 7) is 0. The molecule has 0 spiro atoms. The van der Waals surface area contributed by atoms with Crippen LogP contribution in [-0.2, 0) is 6.18 Å². The second kappa shape index (κ2) is 5.51. The summed E-state index contributed by atoms with van der Waals surface area (Å²) in [5.74, 6) is 0.477. The quantitative estimate of drug-likeness (QED) is 0.725. The number of halogens is 3. The van der Waals surface area contributed by atoms with Crippen molar-refractivity contribution in [2.75, 3.05) is 0 Å². The molecule has 3 rings (SSSR count). The topological polar surface area (TPSA) is 51.6 Å². The highest BCUT2D eigenvalue weighted by Crippen LogP contribution is 2.28. The maximum absolute atomic E-state index is 12.7. The van der Waals surface area contributed by atoms with E-state index in [1.54, 1.807) is 12.1 Å². The number of alkyl halides is 3. The SMILES string of the molecule is FC(F)(F)c1cccc(-c2ncnc(-c3ccccc3)n2)n1. The average molecular weight is 302 g/mol. The predicted molar refractivity (Wildman–Crippen MR) is 73.5 cm³/mol. The molecule has 0 radical (unpaired) electrons. The summed E-state index contributed by atoms with van der Waals surface area (Å²) in [6, 6.07) is 12.7. The number of benzene rings is 1. The first-order chi connectivity index (χ1) is 10.5. The summed E-state index contributed by atoms with van der Waals surface area (Å²) < 4.78 is 38.1. The number of hydrogen-bond donors (Lipinski definition) is 0. The van der Waals surface area contributed by atoms with Crippen molar-refractivity contribution in [3.05, 3.63) is 60.6 Å². The zero-order chi connectivity index (χ0) is 15.6. The molecule has 0 atom stereocenters. The van der Waals surface area contributed by atoms with Gasteiger partial charge in [-0.15, -0.1) is 0 Å². The number of rotatable bonds is 2. The number of aromatic nitrogens is 4. The van der Waals surface area contributed by atoms with Crippen LogP contribution in [0.5, 0.6) is 0 Å². The van der Waals surface area contributed by atoms with Crippen LogP contribution < -0.4 is 0 Å². The van der Waals surface area contributed by atoms with E-state index in [4.69, 9.17) is 0 Å². The lowest BCUT2D eigenvalue weighted by Gasteiger charge is -2.07. The maximum atomic E-state index is 12.7. The summed E-state index contributed by atoms with van der Waals surface area (Å²) >= 11 is 0. The molecule has 2 heterocycles. The minimum Gasteiger partial charge on any atom is -0.240 e. The maximum Gasteiger partial charge on any atom is 0.433 e. The molecule has 0 aliphatic carbocycles. The van der Waals surface area contributed by atoms with Crippen LogP contribution in [-0.4, -0.2) is 19.9 Å². The third kappa shape index (κ3) is 2.93. The molecule has 0 aliphatic heterocycles. The van der Waals surface area contributed by atoms with E-state index in [1.165, 1.54) is 18.5 Å². The molecule has 0 saturated carbocycles. The van der Waals surface area contributed by atoms with Gasteiger partial charge >= 0.3 is 6.18 Å². The molecule has 110 valence electrons. The highest BCUT2D eigenvalue weighted by molar-refractivity contribution is 5.58. The second-order valence-corrected chi connectivity index (χ2v) is 4.40. The number of pyridine rings is 1. The van der Waals surface area contributed by atoms with Gasteiger partial charge in [0.1, 0.15) is 17.7 Å². The average Bonchev–Trinajstić information content (AvgIpc) is 2.55. The van der Waals surface area contributed by atoms with Crippen molar-refractivity contribution in [1.82, 2.24) is 19.9 Å². The van der Waals surface area contributed by atoms with Crippen LogP contribution in [0, 0.1) is 0 Å². The molecule has 1 aromatic carbocycles. The van der Waals surface area contributed by atoms with Crippen LogP contribution in [0.2, 0.25) is 0 Å². The summed E-state index contributed by atoms with van der Waals surface area (Å²) in [5.41, 5.74) is -0.181. The van der Waals surface area contributed by atoms with Crippen molar-refractivity contribution in [1.29, 1.82) is 0 Å². The van der Waals surface area contributed by atoms with Gasteiger partial charge in [-0.3, -0.25) is 0 Å². The first kappa shape index (κ1) is 14.1. The van der Waals surface area contributed by atoms with Gasteiger partial charge in [0.25, 0.3) is 0 Å². The van der Waals surface area contributed by atoms with Crippen molar-refractivity contribution < 1.29 is 13.2 Å². The zero-order valence-corrected chi connectivity index (χ0v) is 11.1. The molecular weight excluding hydrogens is 293 g/mol. The summed E-state index contributed by atoms with van der Waals surface area (Å²) in [4.78, 5) is 15.7. The molecule has 22 heavy (non-hydrogen) atoms. The molecule has 0 aliphatic rings. The van der Waals surface area contributed by atoms with E-state index in [-0.39, 0.29) is 11.5 Å². The van der Waals surface area contributed by atoms with Crippen LogP contribution in [0.4, 0.5) is 13.2 Å². The molecule has 2 aromatic heterocycles. The minimum atomic E-state index is -4.51. The first-order valence-electron chi connectivity index (χ1n) is 6.33. The Morgan fingerprint density at radius 2 is 1.45 bits per heavy atom. The molecule has 0 saturated heterocycles. The Morgan fingerprint density at radius 1 is 0.727 bits per heavy atom. The van der Waals surface area contributed by atoms with E-state index >= 15 is 0 Å². The standard InChI is InChI=1S/C15H9F3N4/c16-15(17,18)12-8-4-7-11(21-12)14-20-9-19-13(22-14)10-5-2-1-3-6-10/h1-9H. The van der Waals surface area contributed by atoms with E-state index in [9.17, 15) is 13.2 Å². The predicted octanol–water partition coefficient (Wildman–Crippen LogP) is 3.62. The van der Waals surface area contributed by atoms with Crippen molar-refractivity contribution >= 4 is 0 Å². The molecular formula is C15H9F3N4. The van der Waals surface area contributed by atoms with Gasteiger partial charge in [0, 0.05) is 5.56 Å². The van der Waals surface area contributed by atoms with Crippen molar-refractivity contribution in [3.63, 3.8) is 0 Å². The van der Waals surface area contributed by atoms with Gasteiger partial charge in [0.05, 0.1) is 0 Å². The van der Waals surface area contributed by atoms with Crippen LogP contribution in [0.3, 0.4) is 0 Å². The fourth-order valence-electron chi connectivity index (χ4n) is 1.86. The van der Waals surface area contributed by atoms with Crippen LogP contribution in [0.15, 0.2) is 54.9 Å². The van der Waals surface area contributed by atoms with Crippen LogP contribution in [0.1, 0.15) is 5.69 Å². The Labute approximate surface area is 123 Å². The lowest BCUT2D eigenvalue weighted by atomic mass is 10.2. The third-order valence-corrected chi connectivity index (χ3v) is 2.87. The molecule has 0 unspecified atom stereocenters.